The second kappa shape index (κ2) is 5.93. The van der Waals surface area contributed by atoms with Gasteiger partial charge in [0.15, 0.2) is 0 Å². The molecule has 2 amide bonds. The molecule has 5 nitrogen and oxygen atoms in total. The molecule has 1 aromatic rings. The lowest BCUT2D eigenvalue weighted by molar-refractivity contribution is 0.0697. The molecule has 1 aromatic carbocycles. The molecule has 0 aliphatic heterocycles. The van der Waals surface area contributed by atoms with Crippen molar-refractivity contribution >= 4 is 29.3 Å². The SMILES string of the molecule is CC(C)(C)CNC(=O)Nc1ccc(Cl)c(C(=O)O)c1. The van der Waals surface area contributed by atoms with Gasteiger partial charge in [-0.2, -0.15) is 0 Å². The molecule has 1 rings (SSSR count). The zero-order chi connectivity index (χ0) is 14.6. The van der Waals surface area contributed by atoms with Crippen molar-refractivity contribution in [1.82, 2.24) is 5.32 Å². The Morgan fingerprint density at radius 1 is 1.32 bits per heavy atom. The molecule has 104 valence electrons. The molecule has 0 saturated carbocycles. The quantitative estimate of drug-likeness (QED) is 0.797. The van der Waals surface area contributed by atoms with Gasteiger partial charge in [0.05, 0.1) is 10.6 Å². The van der Waals surface area contributed by atoms with Gasteiger partial charge in [-0.15, -0.1) is 0 Å². The van der Waals surface area contributed by atoms with Gasteiger partial charge in [-0.05, 0) is 23.6 Å². The van der Waals surface area contributed by atoms with Crippen molar-refractivity contribution in [3.05, 3.63) is 28.8 Å². The number of halogens is 1. The molecule has 6 heteroatoms. The molecule has 19 heavy (non-hydrogen) atoms. The minimum atomic E-state index is -1.14. The van der Waals surface area contributed by atoms with Crippen molar-refractivity contribution in [3.63, 3.8) is 0 Å². The molecule has 0 saturated heterocycles. The first-order valence-electron chi connectivity index (χ1n) is 5.77. The predicted octanol–water partition coefficient (Wildman–Crippen LogP) is 3.21. The van der Waals surface area contributed by atoms with Gasteiger partial charge < -0.3 is 15.7 Å². The van der Waals surface area contributed by atoms with Crippen LogP contribution in [-0.2, 0) is 0 Å². The number of urea groups is 1. The topological polar surface area (TPSA) is 78.4 Å². The van der Waals surface area contributed by atoms with Crippen LogP contribution in [0.2, 0.25) is 5.02 Å². The molecular formula is C13H17ClN2O3. The zero-order valence-electron chi connectivity index (χ0n) is 11.1. The van der Waals surface area contributed by atoms with Gasteiger partial charge in [0.2, 0.25) is 0 Å². The molecule has 0 unspecified atom stereocenters. The molecule has 0 spiro atoms. The third kappa shape index (κ3) is 5.18. The highest BCUT2D eigenvalue weighted by atomic mass is 35.5. The first kappa shape index (κ1) is 15.3. The van der Waals surface area contributed by atoms with Crippen LogP contribution in [0.3, 0.4) is 0 Å². The van der Waals surface area contributed by atoms with Gasteiger partial charge >= 0.3 is 12.0 Å². The molecule has 0 heterocycles. The van der Waals surface area contributed by atoms with E-state index in [0.717, 1.165) is 0 Å². The Kier molecular flexibility index (Phi) is 4.78. The highest BCUT2D eigenvalue weighted by molar-refractivity contribution is 6.33. The Balaban J connectivity index is 2.70. The highest BCUT2D eigenvalue weighted by Crippen LogP contribution is 2.20. The number of hydrogen-bond donors (Lipinski definition) is 3. The van der Waals surface area contributed by atoms with Crippen LogP contribution >= 0.6 is 11.6 Å². The Bertz CT molecular complexity index is 495. The van der Waals surface area contributed by atoms with Crippen molar-refractivity contribution in [2.75, 3.05) is 11.9 Å². The summed E-state index contributed by atoms with van der Waals surface area (Å²) in [6.45, 7) is 6.51. The smallest absolute Gasteiger partial charge is 0.337 e. The van der Waals surface area contributed by atoms with Crippen LogP contribution in [0.15, 0.2) is 18.2 Å². The first-order valence-corrected chi connectivity index (χ1v) is 6.14. The second-order valence-electron chi connectivity index (χ2n) is 5.37. The number of carboxylic acids is 1. The zero-order valence-corrected chi connectivity index (χ0v) is 11.8. The number of rotatable bonds is 3. The number of hydrogen-bond acceptors (Lipinski definition) is 2. The van der Waals surface area contributed by atoms with Crippen molar-refractivity contribution in [2.24, 2.45) is 5.41 Å². The molecule has 0 aliphatic carbocycles. The van der Waals surface area contributed by atoms with E-state index < -0.39 is 5.97 Å². The predicted molar refractivity (Wildman–Crippen MR) is 74.9 cm³/mol. The third-order valence-corrected chi connectivity index (χ3v) is 2.56. The van der Waals surface area contributed by atoms with Crippen LogP contribution in [0.5, 0.6) is 0 Å². The van der Waals surface area contributed by atoms with Crippen molar-refractivity contribution in [3.8, 4) is 0 Å². The maximum Gasteiger partial charge on any atom is 0.337 e. The van der Waals surface area contributed by atoms with Crippen LogP contribution in [-0.4, -0.2) is 23.7 Å². The molecule has 3 N–H and O–H groups in total. The lowest BCUT2D eigenvalue weighted by Crippen LogP contribution is -2.35. The maximum atomic E-state index is 11.6. The van der Waals surface area contributed by atoms with E-state index in [4.69, 9.17) is 16.7 Å². The monoisotopic (exact) mass is 284 g/mol. The minimum absolute atomic E-state index is 0.0242. The molecule has 0 radical (unpaired) electrons. The average Bonchev–Trinajstić information content (AvgIpc) is 2.28. The number of amides is 2. The van der Waals surface area contributed by atoms with Crippen molar-refractivity contribution in [1.29, 1.82) is 0 Å². The summed E-state index contributed by atoms with van der Waals surface area (Å²) in [5.41, 5.74) is 0.312. The summed E-state index contributed by atoms with van der Waals surface area (Å²) in [7, 11) is 0. The molecule has 0 aliphatic rings. The largest absolute Gasteiger partial charge is 0.478 e. The Morgan fingerprint density at radius 2 is 1.95 bits per heavy atom. The Labute approximate surface area is 117 Å². The summed E-state index contributed by atoms with van der Waals surface area (Å²) in [6, 6.07) is 3.92. The fraction of sp³-hybridized carbons (Fsp3) is 0.385. The fourth-order valence-electron chi connectivity index (χ4n) is 1.29. The van der Waals surface area contributed by atoms with Gasteiger partial charge in [0, 0.05) is 12.2 Å². The molecule has 0 atom stereocenters. The normalized spacial score (nSPS) is 10.9. The van der Waals surface area contributed by atoms with E-state index >= 15 is 0 Å². The second-order valence-corrected chi connectivity index (χ2v) is 5.78. The van der Waals surface area contributed by atoms with Crippen LogP contribution in [0.25, 0.3) is 0 Å². The minimum Gasteiger partial charge on any atom is -0.478 e. The van der Waals surface area contributed by atoms with Crippen LogP contribution in [0.4, 0.5) is 10.5 Å². The van der Waals surface area contributed by atoms with E-state index in [1.807, 2.05) is 20.8 Å². The van der Waals surface area contributed by atoms with E-state index in [-0.39, 0.29) is 22.0 Å². The molecule has 0 bridgehead atoms. The van der Waals surface area contributed by atoms with Crippen molar-refractivity contribution < 1.29 is 14.7 Å². The molecular weight excluding hydrogens is 268 g/mol. The molecule has 0 aromatic heterocycles. The number of carbonyl (C=O) groups is 2. The van der Waals surface area contributed by atoms with Gasteiger partial charge in [-0.25, -0.2) is 9.59 Å². The summed E-state index contributed by atoms with van der Waals surface area (Å²) in [4.78, 5) is 22.5. The first-order chi connectivity index (χ1) is 8.69. The standard InChI is InChI=1S/C13H17ClN2O3/c1-13(2,3)7-15-12(19)16-8-4-5-10(14)9(6-8)11(17)18/h4-6H,7H2,1-3H3,(H,17,18)(H2,15,16,19). The number of aromatic carboxylic acids is 1. The highest BCUT2D eigenvalue weighted by Gasteiger charge is 2.13. The van der Waals surface area contributed by atoms with E-state index in [0.29, 0.717) is 12.2 Å². The third-order valence-electron chi connectivity index (χ3n) is 2.23. The number of carboxylic acid groups (broad SMARTS) is 1. The molecule has 0 fully saturated rings. The van der Waals surface area contributed by atoms with Gasteiger partial charge in [0.1, 0.15) is 0 Å². The van der Waals surface area contributed by atoms with Gasteiger partial charge in [0.25, 0.3) is 0 Å². The van der Waals surface area contributed by atoms with Gasteiger partial charge in [-0.1, -0.05) is 32.4 Å². The van der Waals surface area contributed by atoms with Gasteiger partial charge in [-0.3, -0.25) is 0 Å². The lowest BCUT2D eigenvalue weighted by Gasteiger charge is -2.19. The van der Waals surface area contributed by atoms with E-state index in [9.17, 15) is 9.59 Å². The number of carbonyl (C=O) groups excluding carboxylic acids is 1. The number of benzene rings is 1. The maximum absolute atomic E-state index is 11.6. The summed E-state index contributed by atoms with van der Waals surface area (Å²) in [5.74, 6) is -1.14. The Morgan fingerprint density at radius 3 is 2.47 bits per heavy atom. The summed E-state index contributed by atoms with van der Waals surface area (Å²) < 4.78 is 0. The van der Waals surface area contributed by atoms with Crippen molar-refractivity contribution in [2.45, 2.75) is 20.8 Å². The van der Waals surface area contributed by atoms with Crippen LogP contribution < -0.4 is 10.6 Å². The number of nitrogens with one attached hydrogen (secondary N) is 2. The average molecular weight is 285 g/mol. The van der Waals surface area contributed by atoms with Crippen LogP contribution in [0, 0.1) is 5.41 Å². The number of anilines is 1. The summed E-state index contributed by atoms with van der Waals surface area (Å²) >= 11 is 5.74. The summed E-state index contributed by atoms with van der Waals surface area (Å²) in [6.07, 6.45) is 0. The van der Waals surface area contributed by atoms with E-state index in [2.05, 4.69) is 10.6 Å². The van der Waals surface area contributed by atoms with E-state index in [1.165, 1.54) is 12.1 Å². The van der Waals surface area contributed by atoms with Crippen LogP contribution in [0.1, 0.15) is 31.1 Å². The Hall–Kier alpha value is -1.75. The lowest BCUT2D eigenvalue weighted by atomic mass is 9.97. The van der Waals surface area contributed by atoms with E-state index in [1.54, 1.807) is 6.07 Å². The fourth-order valence-corrected chi connectivity index (χ4v) is 1.49. The summed E-state index contributed by atoms with van der Waals surface area (Å²) in [5, 5.41) is 14.3.